The van der Waals surface area contributed by atoms with E-state index in [-0.39, 0.29) is 42.4 Å². The average molecular weight is 600 g/mol. The van der Waals surface area contributed by atoms with E-state index in [9.17, 15) is 14.7 Å². The fourth-order valence-electron chi connectivity index (χ4n) is 6.10. The minimum absolute atomic E-state index is 0.0101. The molecule has 1 saturated carbocycles. The van der Waals surface area contributed by atoms with E-state index in [0.717, 1.165) is 42.7 Å². The van der Waals surface area contributed by atoms with Gasteiger partial charge in [-0.15, -0.1) is 0 Å². The Bertz CT molecular complexity index is 1390. The molecule has 44 heavy (non-hydrogen) atoms. The second-order valence-electron chi connectivity index (χ2n) is 12.4. The molecule has 5 rings (SSSR count). The van der Waals surface area contributed by atoms with Crippen LogP contribution in [-0.2, 0) is 11.3 Å². The van der Waals surface area contributed by atoms with Crippen LogP contribution in [0.5, 0.6) is 17.2 Å². The minimum Gasteiger partial charge on any atom is -0.488 e. The van der Waals surface area contributed by atoms with Gasteiger partial charge in [0, 0.05) is 37.2 Å². The molecule has 1 aliphatic heterocycles. The van der Waals surface area contributed by atoms with Crippen LogP contribution < -0.4 is 14.8 Å². The molecule has 3 aromatic rings. The van der Waals surface area contributed by atoms with E-state index in [2.05, 4.69) is 36.3 Å². The van der Waals surface area contributed by atoms with Crippen molar-refractivity contribution in [2.45, 2.75) is 64.6 Å². The van der Waals surface area contributed by atoms with Crippen LogP contribution in [0, 0.1) is 11.8 Å². The van der Waals surface area contributed by atoms with E-state index in [4.69, 9.17) is 9.47 Å². The highest BCUT2D eigenvalue weighted by molar-refractivity contribution is 6.00. The topological polar surface area (TPSA) is 91.3 Å². The van der Waals surface area contributed by atoms with Gasteiger partial charge < -0.3 is 24.8 Å². The van der Waals surface area contributed by atoms with Crippen LogP contribution in [-0.4, -0.2) is 65.6 Å². The lowest BCUT2D eigenvalue weighted by Crippen LogP contribution is -2.49. The number of benzene rings is 3. The lowest BCUT2D eigenvalue weighted by atomic mass is 9.88. The number of nitrogens with zero attached hydrogens (tertiary/aromatic N) is 2. The summed E-state index contributed by atoms with van der Waals surface area (Å²) in [5.74, 6) is 1.91. The average Bonchev–Trinajstić information content (AvgIpc) is 3.04. The highest BCUT2D eigenvalue weighted by atomic mass is 16.5. The summed E-state index contributed by atoms with van der Waals surface area (Å²) in [7, 11) is 2.06. The van der Waals surface area contributed by atoms with Crippen molar-refractivity contribution >= 4 is 17.5 Å². The summed E-state index contributed by atoms with van der Waals surface area (Å²) in [6, 6.07) is 22.8. The van der Waals surface area contributed by atoms with Gasteiger partial charge in [0.15, 0.2) is 0 Å². The third-order valence-electron chi connectivity index (χ3n) is 8.75. The van der Waals surface area contributed by atoms with Crippen molar-refractivity contribution in [3.05, 3.63) is 83.9 Å². The van der Waals surface area contributed by atoms with Gasteiger partial charge in [-0.05, 0) is 74.8 Å². The summed E-state index contributed by atoms with van der Waals surface area (Å²) in [5, 5.41) is 13.0. The van der Waals surface area contributed by atoms with Gasteiger partial charge >= 0.3 is 0 Å². The molecule has 1 fully saturated rings. The monoisotopic (exact) mass is 599 g/mol. The number of hydrogen-bond acceptors (Lipinski definition) is 6. The Labute approximate surface area is 261 Å². The molecule has 0 saturated heterocycles. The molecule has 234 valence electrons. The highest BCUT2D eigenvalue weighted by Crippen LogP contribution is 2.32. The van der Waals surface area contributed by atoms with Gasteiger partial charge in [-0.2, -0.15) is 0 Å². The number of aliphatic hydroxyl groups excluding tert-OH is 1. The molecule has 2 amide bonds. The predicted octanol–water partition coefficient (Wildman–Crippen LogP) is 6.35. The van der Waals surface area contributed by atoms with Gasteiger partial charge in [-0.25, -0.2) is 0 Å². The molecule has 0 unspecified atom stereocenters. The molecule has 3 aromatic carbocycles. The van der Waals surface area contributed by atoms with Gasteiger partial charge in [0.2, 0.25) is 5.91 Å². The summed E-state index contributed by atoms with van der Waals surface area (Å²) in [6.45, 7) is 5.60. The van der Waals surface area contributed by atoms with E-state index in [1.54, 1.807) is 17.0 Å². The van der Waals surface area contributed by atoms with Crippen LogP contribution in [0.1, 0.15) is 61.9 Å². The standard InChI is InChI=1S/C36H45N3O5/c1-25-21-39(26(2)24-40)36(42)32-20-29(37-35(41)28-10-6-4-7-11-28)16-19-33(32)44-34(25)23-38(3)22-27-14-17-31(18-15-27)43-30-12-8-5-9-13-30/h5,8-9,12-20,25-26,28,34,40H,4,6-7,10-11,21-24H2,1-3H3,(H,37,41)/t25-,26+,34+/m0/s1. The number of likely N-dealkylation sites (N-methyl/N-ethyl adjacent to an activating group) is 1. The first-order chi connectivity index (χ1) is 21.3. The first kappa shape index (κ1) is 31.5. The van der Waals surface area contributed by atoms with Crippen LogP contribution in [0.3, 0.4) is 0 Å². The Morgan fingerprint density at radius 1 is 1.05 bits per heavy atom. The number of fused-ring (bicyclic) bond motifs is 1. The number of ether oxygens (including phenoxy) is 2. The number of nitrogens with one attached hydrogen (secondary N) is 1. The first-order valence-electron chi connectivity index (χ1n) is 15.8. The minimum atomic E-state index is -0.355. The van der Waals surface area contributed by atoms with Crippen LogP contribution in [0.4, 0.5) is 5.69 Å². The molecule has 1 aliphatic carbocycles. The van der Waals surface area contributed by atoms with Crippen molar-refractivity contribution in [2.24, 2.45) is 11.8 Å². The fourth-order valence-corrected chi connectivity index (χ4v) is 6.10. The molecule has 8 nitrogen and oxygen atoms in total. The van der Waals surface area contributed by atoms with Crippen molar-refractivity contribution in [1.29, 1.82) is 0 Å². The van der Waals surface area contributed by atoms with Gasteiger partial charge in [0.05, 0.1) is 18.2 Å². The Balaban J connectivity index is 1.29. The summed E-state index contributed by atoms with van der Waals surface area (Å²) in [4.78, 5) is 30.7. The zero-order valence-electron chi connectivity index (χ0n) is 26.1. The molecular weight excluding hydrogens is 554 g/mol. The Morgan fingerprint density at radius 2 is 1.75 bits per heavy atom. The number of carbonyl (C=O) groups excluding carboxylic acids is 2. The molecule has 2 aliphatic rings. The summed E-state index contributed by atoms with van der Waals surface area (Å²) in [6.07, 6.45) is 4.93. The normalized spacial score (nSPS) is 19.8. The molecule has 0 bridgehead atoms. The Hall–Kier alpha value is -3.88. The lowest BCUT2D eigenvalue weighted by molar-refractivity contribution is -0.120. The van der Waals surface area contributed by atoms with Gasteiger partial charge in [0.25, 0.3) is 5.91 Å². The second kappa shape index (κ2) is 14.7. The number of hydrogen-bond donors (Lipinski definition) is 2. The molecule has 3 atom stereocenters. The zero-order chi connectivity index (χ0) is 31.1. The van der Waals surface area contributed by atoms with Gasteiger partial charge in [-0.3, -0.25) is 14.5 Å². The smallest absolute Gasteiger partial charge is 0.258 e. The van der Waals surface area contributed by atoms with Crippen molar-refractivity contribution in [1.82, 2.24) is 9.80 Å². The number of anilines is 1. The molecule has 0 aromatic heterocycles. The summed E-state index contributed by atoms with van der Waals surface area (Å²) >= 11 is 0. The van der Waals surface area contributed by atoms with Crippen molar-refractivity contribution in [3.8, 4) is 17.2 Å². The lowest BCUT2D eigenvalue weighted by Gasteiger charge is -2.38. The maximum Gasteiger partial charge on any atom is 0.258 e. The molecule has 2 N–H and O–H groups in total. The van der Waals surface area contributed by atoms with Crippen molar-refractivity contribution < 1.29 is 24.2 Å². The largest absolute Gasteiger partial charge is 0.488 e. The maximum atomic E-state index is 13.8. The molecule has 0 radical (unpaired) electrons. The van der Waals surface area contributed by atoms with Crippen LogP contribution in [0.15, 0.2) is 72.8 Å². The van der Waals surface area contributed by atoms with Crippen molar-refractivity contribution in [2.75, 3.05) is 32.1 Å². The number of amides is 2. The third-order valence-corrected chi connectivity index (χ3v) is 8.75. The van der Waals surface area contributed by atoms with Gasteiger partial charge in [-0.1, -0.05) is 56.5 Å². The SMILES string of the molecule is C[C@H](CO)N1C[C@H](C)[C@@H](CN(C)Cc2ccc(Oc3ccccc3)cc2)Oc2ccc(NC(=O)C3CCCCC3)cc2C1=O. The van der Waals surface area contributed by atoms with Gasteiger partial charge in [0.1, 0.15) is 23.4 Å². The van der Waals surface area contributed by atoms with E-state index in [0.29, 0.717) is 36.6 Å². The maximum absolute atomic E-state index is 13.8. The third kappa shape index (κ3) is 7.98. The highest BCUT2D eigenvalue weighted by Gasteiger charge is 2.34. The molecule has 1 heterocycles. The molecule has 8 heteroatoms. The number of para-hydroxylation sites is 1. The molecule has 0 spiro atoms. The second-order valence-corrected chi connectivity index (χ2v) is 12.4. The van der Waals surface area contributed by atoms with Crippen LogP contribution in [0.2, 0.25) is 0 Å². The van der Waals surface area contributed by atoms with Crippen LogP contribution >= 0.6 is 0 Å². The predicted molar refractivity (Wildman–Crippen MR) is 172 cm³/mol. The van der Waals surface area contributed by atoms with E-state index < -0.39 is 0 Å². The fraction of sp³-hybridized carbons (Fsp3) is 0.444. The van der Waals surface area contributed by atoms with Crippen LogP contribution in [0.25, 0.3) is 0 Å². The number of carbonyl (C=O) groups is 2. The zero-order valence-corrected chi connectivity index (χ0v) is 26.1. The van der Waals surface area contributed by atoms with E-state index in [1.165, 1.54) is 6.42 Å². The first-order valence-corrected chi connectivity index (χ1v) is 15.8. The summed E-state index contributed by atoms with van der Waals surface area (Å²) in [5.41, 5.74) is 2.14. The summed E-state index contributed by atoms with van der Waals surface area (Å²) < 4.78 is 12.5. The van der Waals surface area contributed by atoms with E-state index in [1.807, 2.05) is 55.5 Å². The molecular formula is C36H45N3O5. The quantitative estimate of drug-likeness (QED) is 0.282. The van der Waals surface area contributed by atoms with Crippen molar-refractivity contribution in [3.63, 3.8) is 0 Å². The Kier molecular flexibility index (Phi) is 10.6. The Morgan fingerprint density at radius 3 is 2.45 bits per heavy atom. The number of rotatable bonds is 10. The number of aliphatic hydroxyl groups is 1. The van der Waals surface area contributed by atoms with E-state index >= 15 is 0 Å².